The first-order chi connectivity index (χ1) is 15.6. The van der Waals surface area contributed by atoms with Gasteiger partial charge in [0.15, 0.2) is 0 Å². The highest BCUT2D eigenvalue weighted by atomic mass is 32.2. The Morgan fingerprint density at radius 1 is 0.562 bits per heavy atom. The second kappa shape index (κ2) is 10.4. The summed E-state index contributed by atoms with van der Waals surface area (Å²) in [6.45, 7) is 0.421. The van der Waals surface area contributed by atoms with Crippen LogP contribution >= 0.6 is 0 Å². The van der Waals surface area contributed by atoms with Crippen LogP contribution in [0.3, 0.4) is 0 Å². The molecule has 4 rings (SSSR count). The molecular weight excluding hydrogens is 416 g/mol. The highest BCUT2D eigenvalue weighted by molar-refractivity contribution is 7.89. The molecule has 0 amide bonds. The first-order valence-corrected chi connectivity index (χ1v) is 12.1. The lowest BCUT2D eigenvalue weighted by Gasteiger charge is -2.25. The molecule has 0 unspecified atom stereocenters. The summed E-state index contributed by atoms with van der Waals surface area (Å²) in [6, 6.07) is 38.0. The third-order valence-electron chi connectivity index (χ3n) is 5.34. The Kier molecular flexibility index (Phi) is 7.12. The molecule has 0 spiro atoms. The quantitative estimate of drug-likeness (QED) is 0.380. The number of hydrogen-bond donors (Lipinski definition) is 2. The third-order valence-corrected chi connectivity index (χ3v) is 6.83. The number of rotatable bonds is 9. The van der Waals surface area contributed by atoms with E-state index >= 15 is 0 Å². The normalized spacial score (nSPS) is 12.5. The molecule has 0 aromatic heterocycles. The van der Waals surface area contributed by atoms with Gasteiger partial charge in [-0.1, -0.05) is 109 Å². The van der Waals surface area contributed by atoms with Crippen LogP contribution in [0.15, 0.2) is 126 Å². The van der Waals surface area contributed by atoms with E-state index in [-0.39, 0.29) is 10.9 Å². The maximum absolute atomic E-state index is 13.1. The van der Waals surface area contributed by atoms with Gasteiger partial charge in [0, 0.05) is 6.54 Å². The molecule has 32 heavy (non-hydrogen) atoms. The minimum Gasteiger partial charge on any atom is -0.304 e. The van der Waals surface area contributed by atoms with Crippen molar-refractivity contribution in [3.05, 3.63) is 138 Å². The van der Waals surface area contributed by atoms with Gasteiger partial charge in [-0.3, -0.25) is 0 Å². The van der Waals surface area contributed by atoms with E-state index in [1.165, 1.54) is 0 Å². The van der Waals surface area contributed by atoms with Crippen molar-refractivity contribution in [3.8, 4) is 0 Å². The molecule has 0 aliphatic heterocycles. The molecule has 0 bridgehead atoms. The average Bonchev–Trinajstić information content (AvgIpc) is 2.86. The zero-order valence-electron chi connectivity index (χ0n) is 17.6. The number of benzene rings is 4. The lowest BCUT2D eigenvalue weighted by atomic mass is 9.98. The second-order valence-electron chi connectivity index (χ2n) is 7.56. The van der Waals surface area contributed by atoms with Crippen LogP contribution < -0.4 is 10.0 Å². The van der Waals surface area contributed by atoms with Crippen molar-refractivity contribution in [1.82, 2.24) is 10.0 Å². The van der Waals surface area contributed by atoms with Crippen molar-refractivity contribution < 1.29 is 8.42 Å². The Hall–Kier alpha value is -3.25. The fourth-order valence-electron chi connectivity index (χ4n) is 3.72. The highest BCUT2D eigenvalue weighted by Gasteiger charge is 2.23. The summed E-state index contributed by atoms with van der Waals surface area (Å²) in [7, 11) is -3.67. The molecule has 0 fully saturated rings. The molecule has 4 aromatic rings. The Labute approximate surface area is 190 Å². The SMILES string of the molecule is O=S(=O)(N[C@@H](CNC(c1ccccc1)c1ccccc1)c1ccccc1)c1ccccc1. The molecule has 4 nitrogen and oxygen atoms in total. The Bertz CT molecular complexity index is 1160. The predicted molar refractivity (Wildman–Crippen MR) is 129 cm³/mol. The van der Waals surface area contributed by atoms with Crippen LogP contribution in [0.25, 0.3) is 0 Å². The number of hydrogen-bond acceptors (Lipinski definition) is 3. The lowest BCUT2D eigenvalue weighted by molar-refractivity contribution is 0.506. The van der Waals surface area contributed by atoms with Crippen molar-refractivity contribution >= 4 is 10.0 Å². The molecule has 0 saturated carbocycles. The van der Waals surface area contributed by atoms with Crippen molar-refractivity contribution in [2.24, 2.45) is 0 Å². The molecule has 5 heteroatoms. The van der Waals surface area contributed by atoms with Gasteiger partial charge in [0.1, 0.15) is 0 Å². The van der Waals surface area contributed by atoms with E-state index < -0.39 is 16.1 Å². The van der Waals surface area contributed by atoms with Gasteiger partial charge in [0.05, 0.1) is 17.0 Å². The molecule has 0 aliphatic rings. The van der Waals surface area contributed by atoms with Gasteiger partial charge in [-0.25, -0.2) is 13.1 Å². The molecule has 4 aromatic carbocycles. The molecule has 2 N–H and O–H groups in total. The van der Waals surface area contributed by atoms with Gasteiger partial charge >= 0.3 is 0 Å². The Morgan fingerprint density at radius 3 is 1.44 bits per heavy atom. The van der Waals surface area contributed by atoms with Gasteiger partial charge in [-0.2, -0.15) is 0 Å². The van der Waals surface area contributed by atoms with Crippen LogP contribution in [0.4, 0.5) is 0 Å². The van der Waals surface area contributed by atoms with Crippen LogP contribution in [-0.2, 0) is 10.0 Å². The van der Waals surface area contributed by atoms with E-state index in [2.05, 4.69) is 34.3 Å². The first-order valence-electron chi connectivity index (χ1n) is 10.6. The van der Waals surface area contributed by atoms with E-state index in [0.29, 0.717) is 6.54 Å². The molecule has 0 aliphatic carbocycles. The zero-order chi connectivity index (χ0) is 22.2. The van der Waals surface area contributed by atoms with Crippen molar-refractivity contribution in [2.75, 3.05) is 6.54 Å². The first kappa shape index (κ1) is 22.0. The minimum atomic E-state index is -3.67. The van der Waals surface area contributed by atoms with Gasteiger partial charge in [0.25, 0.3) is 0 Å². The van der Waals surface area contributed by atoms with Crippen molar-refractivity contribution in [2.45, 2.75) is 17.0 Å². The van der Waals surface area contributed by atoms with E-state index in [0.717, 1.165) is 16.7 Å². The van der Waals surface area contributed by atoms with Crippen molar-refractivity contribution in [1.29, 1.82) is 0 Å². The van der Waals surface area contributed by atoms with E-state index in [4.69, 9.17) is 0 Å². The fraction of sp³-hybridized carbons (Fsp3) is 0.111. The van der Waals surface area contributed by atoms with Crippen LogP contribution in [0.2, 0.25) is 0 Å². The molecule has 162 valence electrons. The third kappa shape index (κ3) is 5.51. The van der Waals surface area contributed by atoms with Gasteiger partial charge < -0.3 is 5.32 Å². The number of nitrogens with one attached hydrogen (secondary N) is 2. The van der Waals surface area contributed by atoms with E-state index in [1.54, 1.807) is 30.3 Å². The lowest BCUT2D eigenvalue weighted by Crippen LogP contribution is -2.37. The highest BCUT2D eigenvalue weighted by Crippen LogP contribution is 2.24. The summed E-state index contributed by atoms with van der Waals surface area (Å²) in [5.74, 6) is 0. The summed E-state index contributed by atoms with van der Waals surface area (Å²) in [5.41, 5.74) is 3.15. The van der Waals surface area contributed by atoms with E-state index in [9.17, 15) is 8.42 Å². The summed E-state index contributed by atoms with van der Waals surface area (Å²) in [6.07, 6.45) is 0. The average molecular weight is 443 g/mol. The molecular formula is C27H26N2O2S. The topological polar surface area (TPSA) is 58.2 Å². The van der Waals surface area contributed by atoms with Crippen LogP contribution in [-0.4, -0.2) is 15.0 Å². The van der Waals surface area contributed by atoms with Gasteiger partial charge in [0.2, 0.25) is 10.0 Å². The summed E-state index contributed by atoms with van der Waals surface area (Å²) in [4.78, 5) is 0.253. The molecule has 0 radical (unpaired) electrons. The maximum atomic E-state index is 13.1. The summed E-state index contributed by atoms with van der Waals surface area (Å²) >= 11 is 0. The second-order valence-corrected chi connectivity index (χ2v) is 9.27. The van der Waals surface area contributed by atoms with Crippen LogP contribution in [0.1, 0.15) is 28.8 Å². The number of sulfonamides is 1. The summed E-state index contributed by atoms with van der Waals surface area (Å²) in [5, 5.41) is 3.60. The predicted octanol–water partition coefficient (Wildman–Crippen LogP) is 5.09. The van der Waals surface area contributed by atoms with Crippen LogP contribution in [0, 0.1) is 0 Å². The standard InChI is InChI=1S/C27H26N2O2S/c30-32(31,25-19-11-4-12-20-25)29-26(22-13-5-1-6-14-22)21-28-27(23-15-7-2-8-16-23)24-17-9-3-10-18-24/h1-20,26-29H,21H2/t26-/m0/s1. The maximum Gasteiger partial charge on any atom is 0.241 e. The van der Waals surface area contributed by atoms with Gasteiger partial charge in [-0.05, 0) is 28.8 Å². The zero-order valence-corrected chi connectivity index (χ0v) is 18.5. The monoisotopic (exact) mass is 442 g/mol. The Balaban J connectivity index is 1.62. The van der Waals surface area contributed by atoms with Crippen LogP contribution in [0.5, 0.6) is 0 Å². The molecule has 1 atom stereocenters. The van der Waals surface area contributed by atoms with Crippen molar-refractivity contribution in [3.63, 3.8) is 0 Å². The fourth-order valence-corrected chi connectivity index (χ4v) is 4.97. The smallest absolute Gasteiger partial charge is 0.241 e. The molecule has 0 heterocycles. The van der Waals surface area contributed by atoms with Gasteiger partial charge in [-0.15, -0.1) is 0 Å². The minimum absolute atomic E-state index is 0.0650. The summed E-state index contributed by atoms with van der Waals surface area (Å²) < 4.78 is 29.0. The van der Waals surface area contributed by atoms with E-state index in [1.807, 2.05) is 66.7 Å². The largest absolute Gasteiger partial charge is 0.304 e. The molecule has 0 saturated heterocycles. The Morgan fingerprint density at radius 2 is 0.969 bits per heavy atom.